The molecule has 0 bridgehead atoms. The number of amides is 2. The van der Waals surface area contributed by atoms with Crippen molar-refractivity contribution >= 4 is 11.8 Å². The molecule has 2 amide bonds. The molecular formula is C19H21F2N3O3. The van der Waals surface area contributed by atoms with Gasteiger partial charge in [0.2, 0.25) is 11.8 Å². The fourth-order valence-electron chi connectivity index (χ4n) is 2.44. The number of benzene rings is 2. The van der Waals surface area contributed by atoms with Crippen LogP contribution in [0.2, 0.25) is 0 Å². The Bertz CT molecular complexity index is 740. The summed E-state index contributed by atoms with van der Waals surface area (Å²) in [5, 5.41) is 8.04. The molecule has 6 nitrogen and oxygen atoms in total. The van der Waals surface area contributed by atoms with E-state index in [2.05, 4.69) is 20.7 Å². The highest BCUT2D eigenvalue weighted by Crippen LogP contribution is 2.24. The number of rotatable bonds is 9. The van der Waals surface area contributed by atoms with Gasteiger partial charge in [-0.1, -0.05) is 42.5 Å². The van der Waals surface area contributed by atoms with Crippen molar-refractivity contribution in [1.29, 1.82) is 0 Å². The molecule has 27 heavy (non-hydrogen) atoms. The van der Waals surface area contributed by atoms with Gasteiger partial charge in [-0.15, -0.1) is 0 Å². The first-order valence-electron chi connectivity index (χ1n) is 8.30. The van der Waals surface area contributed by atoms with Crippen molar-refractivity contribution in [3.05, 3.63) is 65.7 Å². The van der Waals surface area contributed by atoms with E-state index in [1.807, 2.05) is 30.3 Å². The van der Waals surface area contributed by atoms with Crippen LogP contribution < -0.4 is 20.7 Å². The Morgan fingerprint density at radius 1 is 0.926 bits per heavy atom. The van der Waals surface area contributed by atoms with Crippen LogP contribution in [0.1, 0.15) is 17.2 Å². The average Bonchev–Trinajstić information content (AvgIpc) is 2.67. The Labute approximate surface area is 155 Å². The van der Waals surface area contributed by atoms with Gasteiger partial charge in [-0.3, -0.25) is 14.9 Å². The Hall–Kier alpha value is -3.00. The highest BCUT2D eigenvalue weighted by Gasteiger charge is 2.16. The second kappa shape index (κ2) is 10.2. The predicted octanol–water partition coefficient (Wildman–Crippen LogP) is 1.83. The number of halogens is 2. The summed E-state index contributed by atoms with van der Waals surface area (Å²) in [5.74, 6) is -0.571. The monoisotopic (exact) mass is 377 g/mol. The van der Waals surface area contributed by atoms with Gasteiger partial charge in [0.15, 0.2) is 0 Å². The van der Waals surface area contributed by atoms with Crippen molar-refractivity contribution in [2.75, 3.05) is 20.1 Å². The molecule has 144 valence electrons. The van der Waals surface area contributed by atoms with Gasteiger partial charge in [0.25, 0.3) is 0 Å². The molecule has 0 spiro atoms. The third kappa shape index (κ3) is 6.67. The van der Waals surface area contributed by atoms with Crippen molar-refractivity contribution in [2.45, 2.75) is 12.7 Å². The minimum Gasteiger partial charge on any atom is -0.435 e. The summed E-state index contributed by atoms with van der Waals surface area (Å²) in [6.07, 6.45) is 0. The van der Waals surface area contributed by atoms with Crippen LogP contribution in [0, 0.1) is 0 Å². The Kier molecular flexibility index (Phi) is 7.69. The SMILES string of the molecule is CNC(=O)CNC(=O)CN[C@@H](c1ccccc1)c1ccc(OC(F)F)cc1. The zero-order chi connectivity index (χ0) is 19.6. The lowest BCUT2D eigenvalue weighted by Gasteiger charge is -2.20. The molecule has 2 rings (SSSR count). The second-order valence-electron chi connectivity index (χ2n) is 5.62. The first-order chi connectivity index (χ1) is 13.0. The summed E-state index contributed by atoms with van der Waals surface area (Å²) in [4.78, 5) is 23.1. The fourth-order valence-corrected chi connectivity index (χ4v) is 2.44. The standard InChI is InChI=1S/C19H21F2N3O3/c1-22-16(25)11-23-17(26)12-24-18(13-5-3-2-4-6-13)14-7-9-15(10-8-14)27-19(20)21/h2-10,18-19,24H,11-12H2,1H3,(H,22,25)(H,23,26)/t18-/m0/s1. The van der Waals surface area contributed by atoms with Crippen molar-refractivity contribution in [3.63, 3.8) is 0 Å². The van der Waals surface area contributed by atoms with Crippen LogP contribution in [0.15, 0.2) is 54.6 Å². The zero-order valence-corrected chi connectivity index (χ0v) is 14.7. The fraction of sp³-hybridized carbons (Fsp3) is 0.263. The molecule has 0 aliphatic heterocycles. The van der Waals surface area contributed by atoms with Crippen LogP contribution in [0.4, 0.5) is 8.78 Å². The molecule has 0 saturated carbocycles. The van der Waals surface area contributed by atoms with Crippen LogP contribution in [0.5, 0.6) is 5.75 Å². The lowest BCUT2D eigenvalue weighted by Crippen LogP contribution is -2.40. The van der Waals surface area contributed by atoms with E-state index in [4.69, 9.17) is 0 Å². The lowest BCUT2D eigenvalue weighted by molar-refractivity contribution is -0.125. The van der Waals surface area contributed by atoms with E-state index in [9.17, 15) is 18.4 Å². The molecule has 0 radical (unpaired) electrons. The first kappa shape index (κ1) is 20.3. The largest absolute Gasteiger partial charge is 0.435 e. The van der Waals surface area contributed by atoms with Gasteiger partial charge in [-0.25, -0.2) is 0 Å². The normalized spacial score (nSPS) is 11.7. The Balaban J connectivity index is 2.08. The number of alkyl halides is 2. The summed E-state index contributed by atoms with van der Waals surface area (Å²) < 4.78 is 29.0. The second-order valence-corrected chi connectivity index (χ2v) is 5.62. The van der Waals surface area contributed by atoms with Gasteiger partial charge in [-0.2, -0.15) is 8.78 Å². The number of ether oxygens (including phenoxy) is 1. The Morgan fingerprint density at radius 2 is 1.56 bits per heavy atom. The van der Waals surface area contributed by atoms with E-state index in [0.717, 1.165) is 11.1 Å². The number of nitrogens with one attached hydrogen (secondary N) is 3. The summed E-state index contributed by atoms with van der Waals surface area (Å²) >= 11 is 0. The summed E-state index contributed by atoms with van der Waals surface area (Å²) in [6, 6.07) is 15.3. The molecule has 0 aliphatic carbocycles. The van der Waals surface area contributed by atoms with E-state index >= 15 is 0 Å². The maximum atomic E-state index is 12.3. The first-order valence-corrected chi connectivity index (χ1v) is 8.30. The molecule has 8 heteroatoms. The number of likely N-dealkylation sites (N-methyl/N-ethyl adjacent to an activating group) is 1. The van der Waals surface area contributed by atoms with Crippen molar-refractivity contribution in [3.8, 4) is 5.75 Å². The van der Waals surface area contributed by atoms with Crippen molar-refractivity contribution < 1.29 is 23.1 Å². The van der Waals surface area contributed by atoms with Gasteiger partial charge < -0.3 is 15.4 Å². The molecule has 0 fully saturated rings. The highest BCUT2D eigenvalue weighted by molar-refractivity contribution is 5.85. The molecule has 3 N–H and O–H groups in total. The predicted molar refractivity (Wildman–Crippen MR) is 96.4 cm³/mol. The van der Waals surface area contributed by atoms with Crippen LogP contribution in [0.3, 0.4) is 0 Å². The minimum atomic E-state index is -2.89. The van der Waals surface area contributed by atoms with Crippen molar-refractivity contribution in [1.82, 2.24) is 16.0 Å². The van der Waals surface area contributed by atoms with Crippen molar-refractivity contribution in [2.24, 2.45) is 0 Å². The van der Waals surface area contributed by atoms with Gasteiger partial charge in [0.05, 0.1) is 19.1 Å². The van der Waals surface area contributed by atoms with Gasteiger partial charge in [0, 0.05) is 7.05 Å². The minimum absolute atomic E-state index is 0.0220. The molecule has 0 heterocycles. The number of hydrogen-bond donors (Lipinski definition) is 3. The highest BCUT2D eigenvalue weighted by atomic mass is 19.3. The third-order valence-corrected chi connectivity index (χ3v) is 3.76. The van der Waals surface area contributed by atoms with E-state index in [1.54, 1.807) is 12.1 Å². The van der Waals surface area contributed by atoms with Crippen LogP contribution >= 0.6 is 0 Å². The molecule has 2 aromatic carbocycles. The molecule has 0 saturated heterocycles. The summed E-state index contributed by atoms with van der Waals surface area (Å²) in [7, 11) is 1.49. The average molecular weight is 377 g/mol. The smallest absolute Gasteiger partial charge is 0.387 e. The molecule has 0 aliphatic rings. The molecule has 0 unspecified atom stereocenters. The molecule has 1 atom stereocenters. The third-order valence-electron chi connectivity index (χ3n) is 3.76. The van der Waals surface area contributed by atoms with Crippen LogP contribution in [0.25, 0.3) is 0 Å². The van der Waals surface area contributed by atoms with E-state index in [-0.39, 0.29) is 36.7 Å². The zero-order valence-electron chi connectivity index (χ0n) is 14.7. The van der Waals surface area contributed by atoms with Gasteiger partial charge in [-0.05, 0) is 23.3 Å². The van der Waals surface area contributed by atoms with Gasteiger partial charge >= 0.3 is 6.61 Å². The lowest BCUT2D eigenvalue weighted by atomic mass is 9.98. The van der Waals surface area contributed by atoms with Crippen LogP contribution in [-0.4, -0.2) is 38.6 Å². The van der Waals surface area contributed by atoms with E-state index in [1.165, 1.54) is 19.2 Å². The van der Waals surface area contributed by atoms with Crippen LogP contribution in [-0.2, 0) is 9.59 Å². The number of carbonyl (C=O) groups excluding carboxylic acids is 2. The molecule has 2 aromatic rings. The number of carbonyl (C=O) groups is 2. The van der Waals surface area contributed by atoms with Gasteiger partial charge in [0.1, 0.15) is 5.75 Å². The van der Waals surface area contributed by atoms with E-state index in [0.29, 0.717) is 0 Å². The molecular weight excluding hydrogens is 356 g/mol. The summed E-state index contributed by atoms with van der Waals surface area (Å²) in [6.45, 7) is -3.01. The maximum Gasteiger partial charge on any atom is 0.387 e. The summed E-state index contributed by atoms with van der Waals surface area (Å²) in [5.41, 5.74) is 1.68. The topological polar surface area (TPSA) is 79.5 Å². The quantitative estimate of drug-likeness (QED) is 0.623. The molecule has 0 aromatic heterocycles. The van der Waals surface area contributed by atoms with E-state index < -0.39 is 6.61 Å². The maximum absolute atomic E-state index is 12.3. The number of hydrogen-bond acceptors (Lipinski definition) is 4. The Morgan fingerprint density at radius 3 is 2.15 bits per heavy atom.